The first-order valence-corrected chi connectivity index (χ1v) is 8.97. The van der Waals surface area contributed by atoms with Crippen molar-refractivity contribution < 1.29 is 19.1 Å². The van der Waals surface area contributed by atoms with Gasteiger partial charge in [-0.15, -0.1) is 0 Å². The van der Waals surface area contributed by atoms with Gasteiger partial charge < -0.3 is 15.0 Å². The Kier molecular flexibility index (Phi) is 5.36. The molecule has 0 saturated carbocycles. The van der Waals surface area contributed by atoms with Gasteiger partial charge >= 0.3 is 0 Å². The van der Waals surface area contributed by atoms with Crippen molar-refractivity contribution in [2.45, 2.75) is 39.0 Å². The molecule has 2 aliphatic heterocycles. The molecule has 0 radical (unpaired) electrons. The Bertz CT molecular complexity index is 678. The molecule has 134 valence electrons. The number of nitrogens with one attached hydrogen (secondary N) is 1. The number of ketones is 1. The maximum absolute atomic E-state index is 12.8. The van der Waals surface area contributed by atoms with Crippen LogP contribution in [0.15, 0.2) is 18.2 Å². The number of Topliss-reactive ketones (excluding diaryl/α,β-unsaturated/α-hetero) is 1. The van der Waals surface area contributed by atoms with Gasteiger partial charge in [0.25, 0.3) is 5.91 Å². The molecule has 1 aromatic rings. The number of carbonyl (C=O) groups is 3. The minimum atomic E-state index is -0.212. The van der Waals surface area contributed by atoms with Crippen LogP contribution in [0.5, 0.6) is 5.75 Å². The molecule has 0 atom stereocenters. The van der Waals surface area contributed by atoms with Gasteiger partial charge in [0, 0.05) is 31.0 Å². The fourth-order valence-electron chi connectivity index (χ4n) is 3.35. The summed E-state index contributed by atoms with van der Waals surface area (Å²) in [5.41, 5.74) is 1.13. The highest BCUT2D eigenvalue weighted by Crippen LogP contribution is 2.30. The van der Waals surface area contributed by atoms with E-state index >= 15 is 0 Å². The average molecular weight is 344 g/mol. The number of likely N-dealkylation sites (tertiary alicyclic amines) is 1. The van der Waals surface area contributed by atoms with Crippen LogP contribution < -0.4 is 10.1 Å². The van der Waals surface area contributed by atoms with Crippen LogP contribution in [0.4, 0.5) is 5.69 Å². The third-order valence-electron chi connectivity index (χ3n) is 4.86. The topological polar surface area (TPSA) is 75.7 Å². The van der Waals surface area contributed by atoms with E-state index in [-0.39, 0.29) is 30.1 Å². The summed E-state index contributed by atoms with van der Waals surface area (Å²) in [5.74, 6) is 0.571. The summed E-state index contributed by atoms with van der Waals surface area (Å²) in [6, 6.07) is 5.16. The molecule has 0 aliphatic carbocycles. The lowest BCUT2D eigenvalue weighted by Crippen LogP contribution is -2.40. The van der Waals surface area contributed by atoms with Crippen LogP contribution in [-0.4, -0.2) is 42.2 Å². The Morgan fingerprint density at radius 3 is 2.76 bits per heavy atom. The first kappa shape index (κ1) is 17.5. The molecule has 1 saturated heterocycles. The SMILES string of the molecule is CCCCC(=O)N1CCC(C(=O)c2ccc3c(c2)NC(=O)CO3)CC1. The van der Waals surface area contributed by atoms with Gasteiger partial charge in [0.1, 0.15) is 5.75 Å². The Morgan fingerprint density at radius 1 is 1.28 bits per heavy atom. The fourth-order valence-corrected chi connectivity index (χ4v) is 3.35. The van der Waals surface area contributed by atoms with E-state index in [0.29, 0.717) is 49.4 Å². The molecule has 25 heavy (non-hydrogen) atoms. The summed E-state index contributed by atoms with van der Waals surface area (Å²) in [6.45, 7) is 3.36. The van der Waals surface area contributed by atoms with E-state index in [1.807, 2.05) is 4.90 Å². The molecule has 1 fully saturated rings. The fraction of sp³-hybridized carbons (Fsp3) is 0.526. The van der Waals surface area contributed by atoms with E-state index in [0.717, 1.165) is 12.8 Å². The van der Waals surface area contributed by atoms with Crippen molar-refractivity contribution in [3.8, 4) is 5.75 Å². The predicted octanol–water partition coefficient (Wildman–Crippen LogP) is 2.63. The van der Waals surface area contributed by atoms with Gasteiger partial charge in [-0.25, -0.2) is 0 Å². The molecule has 1 N–H and O–H groups in total. The van der Waals surface area contributed by atoms with Crippen LogP contribution in [0.2, 0.25) is 0 Å². The van der Waals surface area contributed by atoms with Gasteiger partial charge in [-0.05, 0) is 37.5 Å². The van der Waals surface area contributed by atoms with Crippen LogP contribution in [0.25, 0.3) is 0 Å². The molecule has 2 aliphatic rings. The molecular formula is C19H24N2O4. The number of fused-ring (bicyclic) bond motifs is 1. The molecule has 2 heterocycles. The Labute approximate surface area is 147 Å². The molecule has 0 unspecified atom stereocenters. The van der Waals surface area contributed by atoms with Crippen LogP contribution >= 0.6 is 0 Å². The minimum absolute atomic E-state index is 0.00477. The van der Waals surface area contributed by atoms with Crippen molar-refractivity contribution in [2.24, 2.45) is 5.92 Å². The molecular weight excluding hydrogens is 320 g/mol. The highest BCUT2D eigenvalue weighted by atomic mass is 16.5. The maximum Gasteiger partial charge on any atom is 0.262 e. The lowest BCUT2D eigenvalue weighted by atomic mass is 9.88. The summed E-state index contributed by atoms with van der Waals surface area (Å²) in [6.07, 6.45) is 3.91. The standard InChI is InChI=1S/C19H24N2O4/c1-2-3-4-18(23)21-9-7-13(8-10-21)19(24)14-5-6-16-15(11-14)20-17(22)12-25-16/h5-6,11,13H,2-4,7-10,12H2,1H3,(H,20,22). The number of nitrogens with zero attached hydrogens (tertiary/aromatic N) is 1. The van der Waals surface area contributed by atoms with E-state index in [4.69, 9.17) is 4.74 Å². The van der Waals surface area contributed by atoms with Crippen molar-refractivity contribution in [1.82, 2.24) is 4.90 Å². The zero-order valence-electron chi connectivity index (χ0n) is 14.5. The lowest BCUT2D eigenvalue weighted by Gasteiger charge is -2.31. The Hall–Kier alpha value is -2.37. The summed E-state index contributed by atoms with van der Waals surface area (Å²) < 4.78 is 5.32. The number of unbranched alkanes of at least 4 members (excludes halogenated alkanes) is 1. The number of amides is 2. The number of benzene rings is 1. The third-order valence-corrected chi connectivity index (χ3v) is 4.86. The molecule has 6 nitrogen and oxygen atoms in total. The van der Waals surface area contributed by atoms with E-state index in [9.17, 15) is 14.4 Å². The van der Waals surface area contributed by atoms with E-state index in [1.165, 1.54) is 0 Å². The molecule has 3 rings (SSSR count). The van der Waals surface area contributed by atoms with Crippen molar-refractivity contribution in [3.63, 3.8) is 0 Å². The van der Waals surface area contributed by atoms with Crippen LogP contribution in [-0.2, 0) is 9.59 Å². The lowest BCUT2D eigenvalue weighted by molar-refractivity contribution is -0.132. The van der Waals surface area contributed by atoms with Crippen molar-refractivity contribution >= 4 is 23.3 Å². The van der Waals surface area contributed by atoms with E-state index < -0.39 is 0 Å². The predicted molar refractivity (Wildman–Crippen MR) is 93.7 cm³/mol. The normalized spacial score (nSPS) is 17.5. The monoisotopic (exact) mass is 344 g/mol. The first-order chi connectivity index (χ1) is 12.1. The van der Waals surface area contributed by atoms with Gasteiger partial charge in [0.2, 0.25) is 5.91 Å². The van der Waals surface area contributed by atoms with Gasteiger partial charge in [0.15, 0.2) is 12.4 Å². The zero-order valence-corrected chi connectivity index (χ0v) is 14.5. The number of ether oxygens (including phenoxy) is 1. The second-order valence-electron chi connectivity index (χ2n) is 6.67. The van der Waals surface area contributed by atoms with Crippen molar-refractivity contribution in [1.29, 1.82) is 0 Å². The number of anilines is 1. The summed E-state index contributed by atoms with van der Waals surface area (Å²) in [4.78, 5) is 38.1. The smallest absolute Gasteiger partial charge is 0.262 e. The second kappa shape index (κ2) is 7.68. The minimum Gasteiger partial charge on any atom is -0.482 e. The van der Waals surface area contributed by atoms with Crippen LogP contribution in [0, 0.1) is 5.92 Å². The average Bonchev–Trinajstić information content (AvgIpc) is 2.65. The zero-order chi connectivity index (χ0) is 17.8. The van der Waals surface area contributed by atoms with E-state index in [2.05, 4.69) is 12.2 Å². The van der Waals surface area contributed by atoms with Crippen molar-refractivity contribution in [2.75, 3.05) is 25.0 Å². The van der Waals surface area contributed by atoms with Crippen LogP contribution in [0.1, 0.15) is 49.4 Å². The first-order valence-electron chi connectivity index (χ1n) is 8.97. The summed E-state index contributed by atoms with van der Waals surface area (Å²) in [7, 11) is 0. The van der Waals surface area contributed by atoms with Gasteiger partial charge in [-0.1, -0.05) is 13.3 Å². The van der Waals surface area contributed by atoms with Gasteiger partial charge in [-0.3, -0.25) is 14.4 Å². The largest absolute Gasteiger partial charge is 0.482 e. The molecule has 0 bridgehead atoms. The number of hydrogen-bond donors (Lipinski definition) is 1. The van der Waals surface area contributed by atoms with Crippen molar-refractivity contribution in [3.05, 3.63) is 23.8 Å². The molecule has 0 spiro atoms. The summed E-state index contributed by atoms with van der Waals surface area (Å²) in [5, 5.41) is 2.73. The highest BCUT2D eigenvalue weighted by molar-refractivity contribution is 6.01. The number of rotatable bonds is 5. The maximum atomic E-state index is 12.8. The molecule has 1 aromatic carbocycles. The number of piperidine rings is 1. The Morgan fingerprint density at radius 2 is 2.04 bits per heavy atom. The Balaban J connectivity index is 1.60. The highest BCUT2D eigenvalue weighted by Gasteiger charge is 2.28. The van der Waals surface area contributed by atoms with Crippen LogP contribution in [0.3, 0.4) is 0 Å². The number of carbonyl (C=O) groups excluding carboxylic acids is 3. The third kappa shape index (κ3) is 4.00. The molecule has 6 heteroatoms. The molecule has 0 aromatic heterocycles. The van der Waals surface area contributed by atoms with Gasteiger partial charge in [-0.2, -0.15) is 0 Å². The number of hydrogen-bond acceptors (Lipinski definition) is 4. The second-order valence-corrected chi connectivity index (χ2v) is 6.67. The quantitative estimate of drug-likeness (QED) is 0.833. The molecule has 2 amide bonds. The van der Waals surface area contributed by atoms with E-state index in [1.54, 1.807) is 18.2 Å². The van der Waals surface area contributed by atoms with Gasteiger partial charge in [0.05, 0.1) is 5.69 Å². The summed E-state index contributed by atoms with van der Waals surface area (Å²) >= 11 is 0.